The van der Waals surface area contributed by atoms with E-state index in [1.807, 2.05) is 50.2 Å². The molecule has 0 bridgehead atoms. The average molecular weight is 340 g/mol. The number of halogens is 2. The van der Waals surface area contributed by atoms with Crippen molar-refractivity contribution in [3.8, 4) is 0 Å². The molecule has 100 valence electrons. The Morgan fingerprint density at radius 1 is 1.16 bits per heavy atom. The van der Waals surface area contributed by atoms with Crippen molar-refractivity contribution in [2.24, 2.45) is 0 Å². The quantitative estimate of drug-likeness (QED) is 0.834. The van der Waals surface area contributed by atoms with Crippen molar-refractivity contribution in [3.05, 3.63) is 68.1 Å². The summed E-state index contributed by atoms with van der Waals surface area (Å²) in [7, 11) is 0. The molecule has 0 fully saturated rings. The van der Waals surface area contributed by atoms with Crippen molar-refractivity contribution >= 4 is 27.5 Å². The molecule has 0 radical (unpaired) electrons. The molecule has 1 unspecified atom stereocenters. The maximum atomic E-state index is 10.4. The second-order valence-corrected chi connectivity index (χ2v) is 6.14. The Morgan fingerprint density at radius 2 is 1.89 bits per heavy atom. The van der Waals surface area contributed by atoms with E-state index in [0.29, 0.717) is 11.4 Å². The van der Waals surface area contributed by atoms with Gasteiger partial charge in [-0.15, -0.1) is 0 Å². The topological polar surface area (TPSA) is 20.2 Å². The average Bonchev–Trinajstić information content (AvgIpc) is 2.35. The van der Waals surface area contributed by atoms with E-state index in [4.69, 9.17) is 11.6 Å². The van der Waals surface area contributed by atoms with Crippen LogP contribution in [-0.4, -0.2) is 5.11 Å². The summed E-state index contributed by atoms with van der Waals surface area (Å²) in [6.07, 6.45) is -0.0196. The van der Waals surface area contributed by atoms with E-state index in [2.05, 4.69) is 15.9 Å². The van der Waals surface area contributed by atoms with Crippen LogP contribution in [0.2, 0.25) is 5.02 Å². The molecule has 0 amide bonds. The minimum Gasteiger partial charge on any atom is -0.388 e. The van der Waals surface area contributed by atoms with Crippen molar-refractivity contribution in [2.45, 2.75) is 26.4 Å². The maximum absolute atomic E-state index is 10.4. The molecule has 2 aromatic rings. The van der Waals surface area contributed by atoms with E-state index in [0.717, 1.165) is 26.7 Å². The van der Waals surface area contributed by atoms with Gasteiger partial charge in [0.1, 0.15) is 0 Å². The number of aliphatic hydroxyl groups is 1. The minimum atomic E-state index is -0.544. The highest BCUT2D eigenvalue weighted by Crippen LogP contribution is 2.28. The van der Waals surface area contributed by atoms with Gasteiger partial charge in [0, 0.05) is 15.9 Å². The highest BCUT2D eigenvalue weighted by molar-refractivity contribution is 9.10. The third-order valence-electron chi connectivity index (χ3n) is 3.22. The highest BCUT2D eigenvalue weighted by atomic mass is 79.9. The Morgan fingerprint density at radius 3 is 2.58 bits per heavy atom. The lowest BCUT2D eigenvalue weighted by Crippen LogP contribution is -2.04. The molecule has 0 aromatic heterocycles. The molecule has 1 nitrogen and oxygen atoms in total. The van der Waals surface area contributed by atoms with E-state index >= 15 is 0 Å². The number of hydrogen-bond donors (Lipinski definition) is 1. The molecule has 2 aromatic carbocycles. The van der Waals surface area contributed by atoms with Gasteiger partial charge in [0.25, 0.3) is 0 Å². The smallest absolute Gasteiger partial charge is 0.0833 e. The fourth-order valence-corrected chi connectivity index (χ4v) is 2.80. The van der Waals surface area contributed by atoms with Crippen LogP contribution in [0.15, 0.2) is 40.9 Å². The van der Waals surface area contributed by atoms with Gasteiger partial charge in [0.2, 0.25) is 0 Å². The summed E-state index contributed by atoms with van der Waals surface area (Å²) >= 11 is 9.65. The number of aryl methyl sites for hydroxylation is 2. The first-order chi connectivity index (χ1) is 8.97. The van der Waals surface area contributed by atoms with E-state index in [9.17, 15) is 5.11 Å². The van der Waals surface area contributed by atoms with Crippen molar-refractivity contribution < 1.29 is 5.11 Å². The van der Waals surface area contributed by atoms with Crippen molar-refractivity contribution in [1.29, 1.82) is 0 Å². The van der Waals surface area contributed by atoms with E-state index in [1.165, 1.54) is 0 Å². The van der Waals surface area contributed by atoms with Crippen molar-refractivity contribution in [1.82, 2.24) is 0 Å². The molecule has 0 saturated heterocycles. The van der Waals surface area contributed by atoms with E-state index in [1.54, 1.807) is 0 Å². The van der Waals surface area contributed by atoms with Gasteiger partial charge < -0.3 is 5.11 Å². The second kappa shape index (κ2) is 6.08. The van der Waals surface area contributed by atoms with Gasteiger partial charge in [-0.2, -0.15) is 0 Å². The summed E-state index contributed by atoms with van der Waals surface area (Å²) in [5.41, 5.74) is 4.12. The molecule has 0 heterocycles. The largest absolute Gasteiger partial charge is 0.388 e. The van der Waals surface area contributed by atoms with Crippen LogP contribution in [0.25, 0.3) is 0 Å². The van der Waals surface area contributed by atoms with Crippen LogP contribution in [0.5, 0.6) is 0 Å². The third-order valence-corrected chi connectivity index (χ3v) is 4.07. The summed E-state index contributed by atoms with van der Waals surface area (Å²) in [5, 5.41) is 11.1. The molecule has 0 aliphatic rings. The lowest BCUT2D eigenvalue weighted by molar-refractivity contribution is 0.177. The molecule has 0 saturated carbocycles. The zero-order chi connectivity index (χ0) is 14.0. The maximum Gasteiger partial charge on any atom is 0.0833 e. The fraction of sp³-hybridized carbons (Fsp3) is 0.250. The molecule has 3 heteroatoms. The zero-order valence-corrected chi connectivity index (χ0v) is 13.3. The standard InChI is InChI=1S/C16H16BrClO/c1-10-3-5-12(15(18)7-10)8-16(19)14-9-13(17)6-4-11(14)2/h3-7,9,16,19H,8H2,1-2H3. The van der Waals surface area contributed by atoms with Crippen molar-refractivity contribution in [3.63, 3.8) is 0 Å². The van der Waals surface area contributed by atoms with Crippen LogP contribution in [0.1, 0.15) is 28.4 Å². The molecular weight excluding hydrogens is 324 g/mol. The molecule has 1 N–H and O–H groups in total. The molecule has 0 aliphatic carbocycles. The van der Waals surface area contributed by atoms with Crippen LogP contribution in [-0.2, 0) is 6.42 Å². The first kappa shape index (κ1) is 14.6. The third kappa shape index (κ3) is 3.59. The summed E-state index contributed by atoms with van der Waals surface area (Å²) in [6.45, 7) is 4.01. The highest BCUT2D eigenvalue weighted by Gasteiger charge is 2.13. The molecule has 0 aliphatic heterocycles. The second-order valence-electron chi connectivity index (χ2n) is 4.82. The summed E-state index contributed by atoms with van der Waals surface area (Å²) in [5.74, 6) is 0. The fourth-order valence-electron chi connectivity index (χ4n) is 2.11. The first-order valence-corrected chi connectivity index (χ1v) is 7.33. The predicted molar refractivity (Wildman–Crippen MR) is 83.7 cm³/mol. The number of benzene rings is 2. The summed E-state index contributed by atoms with van der Waals surface area (Å²) < 4.78 is 0.974. The van der Waals surface area contributed by atoms with Gasteiger partial charge in [-0.25, -0.2) is 0 Å². The van der Waals surface area contributed by atoms with E-state index < -0.39 is 6.10 Å². The lowest BCUT2D eigenvalue weighted by Gasteiger charge is -2.15. The normalized spacial score (nSPS) is 12.5. The number of aliphatic hydroxyl groups excluding tert-OH is 1. The van der Waals surface area contributed by atoms with Gasteiger partial charge in [0.05, 0.1) is 6.10 Å². The van der Waals surface area contributed by atoms with Crippen LogP contribution in [0.4, 0.5) is 0 Å². The van der Waals surface area contributed by atoms with Gasteiger partial charge in [0.15, 0.2) is 0 Å². The molecule has 1 atom stereocenters. The Bertz CT molecular complexity index is 595. The van der Waals surface area contributed by atoms with Crippen LogP contribution >= 0.6 is 27.5 Å². The molecule has 0 spiro atoms. The molecular formula is C16H16BrClO. The summed E-state index contributed by atoms with van der Waals surface area (Å²) in [6, 6.07) is 11.9. The Kier molecular flexibility index (Phi) is 4.67. The minimum absolute atomic E-state index is 0.524. The van der Waals surface area contributed by atoms with Gasteiger partial charge in [-0.05, 0) is 54.3 Å². The first-order valence-electron chi connectivity index (χ1n) is 6.16. The SMILES string of the molecule is Cc1ccc(CC(O)c2cc(Br)ccc2C)c(Cl)c1. The number of hydrogen-bond acceptors (Lipinski definition) is 1. The lowest BCUT2D eigenvalue weighted by atomic mass is 9.97. The number of rotatable bonds is 3. The summed E-state index contributed by atoms with van der Waals surface area (Å²) in [4.78, 5) is 0. The Balaban J connectivity index is 2.25. The monoisotopic (exact) mass is 338 g/mol. The molecule has 19 heavy (non-hydrogen) atoms. The zero-order valence-electron chi connectivity index (χ0n) is 11.0. The van der Waals surface area contributed by atoms with Gasteiger partial charge in [-0.3, -0.25) is 0 Å². The van der Waals surface area contributed by atoms with E-state index in [-0.39, 0.29) is 0 Å². The Hall–Kier alpha value is -0.830. The predicted octanol–water partition coefficient (Wildman–Crippen LogP) is 5.00. The molecule has 2 rings (SSSR count). The Labute approximate surface area is 127 Å². The van der Waals surface area contributed by atoms with Crippen LogP contribution in [0.3, 0.4) is 0 Å². The van der Waals surface area contributed by atoms with Crippen molar-refractivity contribution in [2.75, 3.05) is 0 Å². The van der Waals surface area contributed by atoms with Crippen LogP contribution < -0.4 is 0 Å². The van der Waals surface area contributed by atoms with Crippen LogP contribution in [0, 0.1) is 13.8 Å². The van der Waals surface area contributed by atoms with Gasteiger partial charge in [-0.1, -0.05) is 45.7 Å². The van der Waals surface area contributed by atoms with Gasteiger partial charge >= 0.3 is 0 Å².